The molecular formula is C38H47N5O8S. The molecular weight excluding hydrogens is 687 g/mol. The van der Waals surface area contributed by atoms with E-state index in [4.69, 9.17) is 30.2 Å². The number of nitrogens with zero attached hydrogens (tertiary/aromatic N) is 3. The fourth-order valence-electron chi connectivity index (χ4n) is 7.42. The predicted molar refractivity (Wildman–Crippen MR) is 199 cm³/mol. The summed E-state index contributed by atoms with van der Waals surface area (Å²) in [5, 5.41) is 3.58. The molecule has 5 aliphatic rings. The van der Waals surface area contributed by atoms with Gasteiger partial charge in [-0.05, 0) is 69.9 Å². The number of allylic oxidation sites excluding steroid dienone is 10. The fourth-order valence-corrected chi connectivity index (χ4v) is 7.71. The van der Waals surface area contributed by atoms with Gasteiger partial charge in [0, 0.05) is 65.3 Å². The van der Waals surface area contributed by atoms with Crippen LogP contribution in [0.5, 0.6) is 0 Å². The van der Waals surface area contributed by atoms with E-state index >= 15 is 0 Å². The van der Waals surface area contributed by atoms with Gasteiger partial charge in [-0.3, -0.25) is 19.1 Å². The highest BCUT2D eigenvalue weighted by atomic mass is 32.2. The van der Waals surface area contributed by atoms with Gasteiger partial charge in [-0.1, -0.05) is 20.8 Å². The lowest BCUT2D eigenvalue weighted by atomic mass is 9.83. The van der Waals surface area contributed by atoms with Crippen molar-refractivity contribution in [2.24, 2.45) is 44.4 Å². The van der Waals surface area contributed by atoms with Gasteiger partial charge >= 0.3 is 5.97 Å². The minimum absolute atomic E-state index is 0.00480. The smallest absolute Gasteiger partial charge is 0.302 e. The number of aliphatic imine (C=N–C) groups is 3. The number of esters is 1. The van der Waals surface area contributed by atoms with Gasteiger partial charge in [-0.15, -0.1) is 0 Å². The molecule has 14 heteroatoms. The molecule has 0 aromatic carbocycles. The summed E-state index contributed by atoms with van der Waals surface area (Å²) in [6.45, 7) is 13.6. The van der Waals surface area contributed by atoms with Crippen molar-refractivity contribution in [2.45, 2.75) is 74.7 Å². The lowest BCUT2D eigenvalue weighted by Crippen LogP contribution is -2.22. The van der Waals surface area contributed by atoms with Crippen LogP contribution in [-0.4, -0.2) is 66.6 Å². The molecule has 0 aromatic rings. The molecule has 5 heterocycles. The van der Waals surface area contributed by atoms with Gasteiger partial charge < -0.3 is 25.3 Å². The second-order valence-electron chi connectivity index (χ2n) is 13.9. The third-order valence-corrected chi connectivity index (χ3v) is 10.9. The zero-order valence-corrected chi connectivity index (χ0v) is 31.7. The Balaban J connectivity index is 1.85. The number of carbonyl (C=O) groups is 3. The molecule has 0 aliphatic carbocycles. The summed E-state index contributed by atoms with van der Waals surface area (Å²) in [4.78, 5) is 52.8. The van der Waals surface area contributed by atoms with E-state index in [0.717, 1.165) is 23.4 Å². The second-order valence-corrected chi connectivity index (χ2v) is 15.4. The molecule has 0 saturated carbocycles. The summed E-state index contributed by atoms with van der Waals surface area (Å²) in [5.41, 5.74) is 14.3. The zero-order chi connectivity index (χ0) is 38.2. The predicted octanol–water partition coefficient (Wildman–Crippen LogP) is 4.97. The van der Waals surface area contributed by atoms with E-state index in [-0.39, 0.29) is 54.1 Å². The number of rotatable bonds is 11. The maximum Gasteiger partial charge on any atom is 0.302 e. The van der Waals surface area contributed by atoms with Gasteiger partial charge in [0.25, 0.3) is 10.1 Å². The zero-order valence-electron chi connectivity index (χ0n) is 30.9. The minimum Gasteiger partial charge on any atom is -0.478 e. The Labute approximate surface area is 304 Å². The number of Topliss-reactive ketones (excluding diaryl/α,β-unsaturated/α-hetero) is 2. The molecule has 2 unspecified atom stereocenters. The Bertz CT molecular complexity index is 2050. The first kappa shape index (κ1) is 38.5. The number of carbonyl (C=O) groups excluding carboxylic acids is 3. The van der Waals surface area contributed by atoms with Crippen molar-refractivity contribution in [3.05, 3.63) is 80.5 Å². The van der Waals surface area contributed by atoms with Crippen molar-refractivity contribution in [2.75, 3.05) is 19.0 Å². The van der Waals surface area contributed by atoms with Crippen LogP contribution in [0.3, 0.4) is 0 Å². The van der Waals surface area contributed by atoms with E-state index < -0.39 is 28.4 Å². The lowest BCUT2D eigenvalue weighted by Gasteiger charge is -2.21. The molecule has 8 bridgehead atoms. The Hall–Kier alpha value is -4.69. The topological polar surface area (TPSA) is 199 Å². The van der Waals surface area contributed by atoms with E-state index in [1.807, 2.05) is 39.0 Å². The SMILES string of the molecule is CC[C@H]1C2=CC3=C(C)C(=C(N)OCCS(=O)(=O)O)C(=N3)C(COC(C)=O)=C3N=C(C=C4N=C(C=C(N2)C1C)C(C(C)=O)=C4C)C(C)[C@@H]3CCC(C)=O. The van der Waals surface area contributed by atoms with Gasteiger partial charge in [0.15, 0.2) is 11.7 Å². The summed E-state index contributed by atoms with van der Waals surface area (Å²) < 4.78 is 43.7. The van der Waals surface area contributed by atoms with Crippen LogP contribution >= 0.6 is 0 Å². The van der Waals surface area contributed by atoms with Crippen LogP contribution in [-0.2, 0) is 34.0 Å². The van der Waals surface area contributed by atoms with Gasteiger partial charge in [0.05, 0.1) is 34.1 Å². The Morgan fingerprint density at radius 2 is 1.65 bits per heavy atom. The average molecular weight is 734 g/mol. The summed E-state index contributed by atoms with van der Waals surface area (Å²) in [5.74, 6) is -1.85. The standard InChI is InChI=1S/C38H47N5O8S/c1-9-25-19(3)28-16-33-34(23(7)45)21(5)30(41-33)14-29-20(4)26(11-10-18(2)44)36(42-29)27(17-51-24(8)46)37-35(38(39)50-12-13-52(47,48)49)22(6)31(43-37)15-32(25)40-28/h14-16,19-20,25-26,40H,9-13,17,39H2,1-8H3,(H,47,48,49)/t19?,20?,25-,26+/m1/s1. The molecule has 4 atom stereocenters. The number of nitrogens with one attached hydrogen (secondary N) is 1. The van der Waals surface area contributed by atoms with Gasteiger partial charge in [-0.25, -0.2) is 9.98 Å². The van der Waals surface area contributed by atoms with Crippen LogP contribution in [0.2, 0.25) is 0 Å². The maximum atomic E-state index is 13.0. The molecule has 1 saturated heterocycles. The van der Waals surface area contributed by atoms with Crippen molar-refractivity contribution in [3.63, 3.8) is 0 Å². The van der Waals surface area contributed by atoms with E-state index in [2.05, 4.69) is 19.2 Å². The fraction of sp³-hybridized carbons (Fsp3) is 0.474. The monoisotopic (exact) mass is 733 g/mol. The summed E-state index contributed by atoms with van der Waals surface area (Å²) in [6.07, 6.45) is 7.26. The van der Waals surface area contributed by atoms with Crippen LogP contribution in [0.25, 0.3) is 0 Å². The maximum absolute atomic E-state index is 13.0. The molecule has 52 heavy (non-hydrogen) atoms. The first-order valence-corrected chi connectivity index (χ1v) is 19.1. The van der Waals surface area contributed by atoms with E-state index in [9.17, 15) is 27.4 Å². The van der Waals surface area contributed by atoms with E-state index in [1.165, 1.54) is 20.8 Å². The Morgan fingerprint density at radius 1 is 0.942 bits per heavy atom. The second kappa shape index (κ2) is 15.1. The highest BCUT2D eigenvalue weighted by Gasteiger charge is 2.39. The van der Waals surface area contributed by atoms with Gasteiger partial charge in [-0.2, -0.15) is 8.42 Å². The first-order chi connectivity index (χ1) is 24.4. The van der Waals surface area contributed by atoms with Crippen LogP contribution in [0.4, 0.5) is 0 Å². The van der Waals surface area contributed by atoms with Crippen molar-refractivity contribution < 1.29 is 36.8 Å². The third-order valence-electron chi connectivity index (χ3n) is 10.3. The number of hydrogen-bond acceptors (Lipinski definition) is 12. The number of hydrogen-bond donors (Lipinski definition) is 3. The Morgan fingerprint density at radius 3 is 2.27 bits per heavy atom. The summed E-state index contributed by atoms with van der Waals surface area (Å²) in [6, 6.07) is 0. The van der Waals surface area contributed by atoms with E-state index in [1.54, 1.807) is 0 Å². The van der Waals surface area contributed by atoms with Crippen LogP contribution in [0, 0.1) is 23.7 Å². The van der Waals surface area contributed by atoms with Crippen LogP contribution in [0.1, 0.15) is 74.7 Å². The number of ketones is 2. The van der Waals surface area contributed by atoms with Crippen molar-refractivity contribution in [1.82, 2.24) is 5.32 Å². The van der Waals surface area contributed by atoms with Crippen molar-refractivity contribution in [3.8, 4) is 0 Å². The molecule has 278 valence electrons. The van der Waals surface area contributed by atoms with E-state index in [0.29, 0.717) is 62.9 Å². The lowest BCUT2D eigenvalue weighted by molar-refractivity contribution is -0.139. The minimum atomic E-state index is -4.33. The summed E-state index contributed by atoms with van der Waals surface area (Å²) >= 11 is 0. The molecule has 5 aliphatic heterocycles. The van der Waals surface area contributed by atoms with Crippen LogP contribution < -0.4 is 11.1 Å². The number of nitrogens with two attached hydrogens (primary N) is 1. The number of fused-ring (bicyclic) bond motifs is 5. The molecule has 0 aromatic heterocycles. The third kappa shape index (κ3) is 7.87. The first-order valence-electron chi connectivity index (χ1n) is 17.5. The molecule has 0 spiro atoms. The summed E-state index contributed by atoms with van der Waals surface area (Å²) in [7, 11) is -4.33. The van der Waals surface area contributed by atoms with Crippen LogP contribution in [0.15, 0.2) is 95.4 Å². The average Bonchev–Trinajstić information content (AvgIpc) is 3.72. The molecule has 0 amide bonds. The largest absolute Gasteiger partial charge is 0.478 e. The van der Waals surface area contributed by atoms with Gasteiger partial charge in [0.1, 0.15) is 24.7 Å². The Kier molecular flexibility index (Phi) is 11.2. The molecule has 4 N–H and O–H groups in total. The highest BCUT2D eigenvalue weighted by molar-refractivity contribution is 7.85. The number of ether oxygens (including phenoxy) is 2. The van der Waals surface area contributed by atoms with Crippen molar-refractivity contribution in [1.29, 1.82) is 0 Å². The van der Waals surface area contributed by atoms with Gasteiger partial charge in [0.2, 0.25) is 0 Å². The van der Waals surface area contributed by atoms with Crippen molar-refractivity contribution >= 4 is 44.8 Å². The molecule has 0 radical (unpaired) electrons. The quantitative estimate of drug-likeness (QED) is 0.148. The molecule has 5 rings (SSSR count). The molecule has 1 fully saturated rings. The highest BCUT2D eigenvalue weighted by Crippen LogP contribution is 2.43. The normalized spacial score (nSPS) is 25.2. The molecule has 13 nitrogen and oxygen atoms in total.